The van der Waals surface area contributed by atoms with Crippen molar-refractivity contribution >= 4 is 17.7 Å². The van der Waals surface area contributed by atoms with Gasteiger partial charge < -0.3 is 9.64 Å². The molecule has 0 fully saturated rings. The number of benzene rings is 1. The molecule has 17 heavy (non-hydrogen) atoms. The Balaban J connectivity index is 2.58. The fraction of sp³-hybridized carbons (Fsp3) is 0.462. The van der Waals surface area contributed by atoms with Crippen LogP contribution in [0.3, 0.4) is 0 Å². The van der Waals surface area contributed by atoms with E-state index < -0.39 is 0 Å². The molecular formula is C13H19NO2S. The van der Waals surface area contributed by atoms with E-state index in [1.165, 1.54) is 0 Å². The summed E-state index contributed by atoms with van der Waals surface area (Å²) < 4.78 is 5.56. The molecule has 4 heteroatoms. The van der Waals surface area contributed by atoms with Crippen molar-refractivity contribution in [2.75, 3.05) is 26.0 Å². The van der Waals surface area contributed by atoms with Crippen molar-refractivity contribution in [1.82, 2.24) is 4.90 Å². The van der Waals surface area contributed by atoms with E-state index in [0.29, 0.717) is 0 Å². The van der Waals surface area contributed by atoms with Crippen LogP contribution in [0.1, 0.15) is 13.8 Å². The topological polar surface area (TPSA) is 29.5 Å². The summed E-state index contributed by atoms with van der Waals surface area (Å²) in [7, 11) is 0. The number of nitrogens with zero attached hydrogens (tertiary/aromatic N) is 1. The number of hydrogen-bond acceptors (Lipinski definition) is 3. The molecule has 0 N–H and O–H groups in total. The number of rotatable bonds is 6. The van der Waals surface area contributed by atoms with Crippen LogP contribution in [0.2, 0.25) is 0 Å². The minimum absolute atomic E-state index is 0.0332. The quantitative estimate of drug-likeness (QED) is 0.730. The van der Waals surface area contributed by atoms with E-state index in [2.05, 4.69) is 0 Å². The average molecular weight is 253 g/mol. The molecule has 1 amide bonds. The van der Waals surface area contributed by atoms with E-state index in [1.807, 2.05) is 44.4 Å². The third-order valence-electron chi connectivity index (χ3n) is 2.54. The van der Waals surface area contributed by atoms with Crippen LogP contribution in [-0.2, 0) is 4.79 Å². The molecule has 0 atom stereocenters. The monoisotopic (exact) mass is 253 g/mol. The average Bonchev–Trinajstić information content (AvgIpc) is 2.38. The molecule has 1 aromatic carbocycles. The van der Waals surface area contributed by atoms with E-state index in [0.717, 1.165) is 23.7 Å². The molecule has 0 aliphatic heterocycles. The number of carbonyl (C=O) groups is 1. The Bertz CT molecular complexity index is 364. The smallest absolute Gasteiger partial charge is 0.260 e. The molecule has 0 aromatic heterocycles. The van der Waals surface area contributed by atoms with E-state index in [-0.39, 0.29) is 12.5 Å². The maximum atomic E-state index is 11.8. The van der Waals surface area contributed by atoms with Gasteiger partial charge in [-0.3, -0.25) is 4.79 Å². The minimum atomic E-state index is 0.0332. The molecule has 0 aliphatic rings. The van der Waals surface area contributed by atoms with Crippen molar-refractivity contribution in [3.05, 3.63) is 24.3 Å². The second kappa shape index (κ2) is 7.22. The lowest BCUT2D eigenvalue weighted by Crippen LogP contribution is -2.34. The molecule has 1 rings (SSSR count). The minimum Gasteiger partial charge on any atom is -0.483 e. The third kappa shape index (κ3) is 3.97. The molecular weight excluding hydrogens is 234 g/mol. The van der Waals surface area contributed by atoms with Gasteiger partial charge in [0, 0.05) is 18.0 Å². The van der Waals surface area contributed by atoms with Crippen LogP contribution in [0.15, 0.2) is 29.2 Å². The Labute approximate surface area is 107 Å². The first-order valence-corrected chi connectivity index (χ1v) is 6.99. The Kier molecular flexibility index (Phi) is 5.91. The number of carbonyl (C=O) groups excluding carboxylic acids is 1. The highest BCUT2D eigenvalue weighted by Crippen LogP contribution is 2.26. The summed E-state index contributed by atoms with van der Waals surface area (Å²) in [4.78, 5) is 14.6. The predicted molar refractivity (Wildman–Crippen MR) is 71.6 cm³/mol. The molecule has 3 nitrogen and oxygen atoms in total. The van der Waals surface area contributed by atoms with Crippen LogP contribution >= 0.6 is 11.8 Å². The lowest BCUT2D eigenvalue weighted by molar-refractivity contribution is -0.133. The van der Waals surface area contributed by atoms with Gasteiger partial charge in [0.25, 0.3) is 5.91 Å². The van der Waals surface area contributed by atoms with Gasteiger partial charge in [0.05, 0.1) is 0 Å². The van der Waals surface area contributed by atoms with Crippen molar-refractivity contribution in [2.45, 2.75) is 18.7 Å². The first-order valence-electron chi connectivity index (χ1n) is 5.76. The van der Waals surface area contributed by atoms with Crippen molar-refractivity contribution in [3.63, 3.8) is 0 Å². The Morgan fingerprint density at radius 1 is 1.29 bits per heavy atom. The zero-order chi connectivity index (χ0) is 12.7. The summed E-state index contributed by atoms with van der Waals surface area (Å²) in [6.45, 7) is 5.50. The number of ether oxygens (including phenoxy) is 1. The highest BCUT2D eigenvalue weighted by Gasteiger charge is 2.11. The zero-order valence-electron chi connectivity index (χ0n) is 10.6. The number of para-hydroxylation sites is 1. The standard InChI is InChI=1S/C13H19NO2S/c1-4-14(5-2)13(15)10-16-11-8-6-7-9-12(11)17-3/h6-9H,4-5,10H2,1-3H3. The van der Waals surface area contributed by atoms with Crippen LogP contribution in [0.5, 0.6) is 5.75 Å². The van der Waals surface area contributed by atoms with Crippen molar-refractivity contribution in [3.8, 4) is 5.75 Å². The van der Waals surface area contributed by atoms with Gasteiger partial charge in [0.15, 0.2) is 6.61 Å². The zero-order valence-corrected chi connectivity index (χ0v) is 11.4. The molecule has 0 heterocycles. The van der Waals surface area contributed by atoms with E-state index in [1.54, 1.807) is 16.7 Å². The molecule has 94 valence electrons. The highest BCUT2D eigenvalue weighted by molar-refractivity contribution is 7.98. The van der Waals surface area contributed by atoms with Crippen LogP contribution in [0.25, 0.3) is 0 Å². The summed E-state index contributed by atoms with van der Waals surface area (Å²) in [5, 5.41) is 0. The van der Waals surface area contributed by atoms with Gasteiger partial charge in [-0.2, -0.15) is 0 Å². The lowest BCUT2D eigenvalue weighted by Gasteiger charge is -2.19. The maximum absolute atomic E-state index is 11.8. The SMILES string of the molecule is CCN(CC)C(=O)COc1ccccc1SC. The predicted octanol–water partition coefficient (Wildman–Crippen LogP) is 2.66. The number of likely N-dealkylation sites (N-methyl/N-ethyl adjacent to an activating group) is 1. The molecule has 0 unspecified atom stereocenters. The van der Waals surface area contributed by atoms with Gasteiger partial charge in [-0.25, -0.2) is 0 Å². The normalized spacial score (nSPS) is 10.1. The fourth-order valence-electron chi connectivity index (χ4n) is 1.55. The first kappa shape index (κ1) is 13.9. The summed E-state index contributed by atoms with van der Waals surface area (Å²) in [6, 6.07) is 7.76. The summed E-state index contributed by atoms with van der Waals surface area (Å²) >= 11 is 1.62. The lowest BCUT2D eigenvalue weighted by atomic mass is 10.3. The Morgan fingerprint density at radius 3 is 2.53 bits per heavy atom. The van der Waals surface area contributed by atoms with Gasteiger partial charge in [0.1, 0.15) is 5.75 Å². The van der Waals surface area contributed by atoms with Gasteiger partial charge in [-0.1, -0.05) is 12.1 Å². The van der Waals surface area contributed by atoms with Gasteiger partial charge in [-0.05, 0) is 32.2 Å². The summed E-state index contributed by atoms with van der Waals surface area (Å²) in [5.41, 5.74) is 0. The van der Waals surface area contributed by atoms with E-state index >= 15 is 0 Å². The molecule has 0 aliphatic carbocycles. The largest absolute Gasteiger partial charge is 0.483 e. The van der Waals surface area contributed by atoms with Gasteiger partial charge >= 0.3 is 0 Å². The highest BCUT2D eigenvalue weighted by atomic mass is 32.2. The second-order valence-electron chi connectivity index (χ2n) is 3.51. The van der Waals surface area contributed by atoms with Crippen LogP contribution in [0.4, 0.5) is 0 Å². The maximum Gasteiger partial charge on any atom is 0.260 e. The van der Waals surface area contributed by atoms with Gasteiger partial charge in [-0.15, -0.1) is 11.8 Å². The van der Waals surface area contributed by atoms with E-state index in [9.17, 15) is 4.79 Å². The van der Waals surface area contributed by atoms with Gasteiger partial charge in [0.2, 0.25) is 0 Å². The third-order valence-corrected chi connectivity index (χ3v) is 3.31. The Hall–Kier alpha value is -1.16. The summed E-state index contributed by atoms with van der Waals surface area (Å²) in [6.07, 6.45) is 1.99. The molecule has 0 spiro atoms. The Morgan fingerprint density at radius 2 is 1.94 bits per heavy atom. The van der Waals surface area contributed by atoms with Crippen molar-refractivity contribution in [2.24, 2.45) is 0 Å². The number of amides is 1. The van der Waals surface area contributed by atoms with Crippen molar-refractivity contribution < 1.29 is 9.53 Å². The molecule has 0 saturated heterocycles. The molecule has 0 saturated carbocycles. The summed E-state index contributed by atoms with van der Waals surface area (Å²) in [5.74, 6) is 0.811. The van der Waals surface area contributed by atoms with Crippen molar-refractivity contribution in [1.29, 1.82) is 0 Å². The van der Waals surface area contributed by atoms with Crippen LogP contribution < -0.4 is 4.74 Å². The molecule has 0 bridgehead atoms. The molecule has 0 radical (unpaired) electrons. The van der Waals surface area contributed by atoms with Crippen LogP contribution in [-0.4, -0.2) is 36.8 Å². The second-order valence-corrected chi connectivity index (χ2v) is 4.35. The van der Waals surface area contributed by atoms with E-state index in [4.69, 9.17) is 4.74 Å². The van der Waals surface area contributed by atoms with Crippen LogP contribution in [0, 0.1) is 0 Å². The number of thioether (sulfide) groups is 1. The number of hydrogen-bond donors (Lipinski definition) is 0. The molecule has 1 aromatic rings. The first-order chi connectivity index (χ1) is 8.22. The fourth-order valence-corrected chi connectivity index (χ4v) is 2.09.